The Morgan fingerprint density at radius 3 is 2.50 bits per heavy atom. The second-order valence-electron chi connectivity index (χ2n) is 8.13. The van der Waals surface area contributed by atoms with Gasteiger partial charge in [-0.05, 0) is 43.6 Å². The van der Waals surface area contributed by atoms with Gasteiger partial charge in [0.2, 0.25) is 5.91 Å². The van der Waals surface area contributed by atoms with Gasteiger partial charge in [-0.2, -0.15) is 0 Å². The van der Waals surface area contributed by atoms with Crippen molar-refractivity contribution in [3.05, 3.63) is 35.9 Å². The summed E-state index contributed by atoms with van der Waals surface area (Å²) >= 11 is 0. The lowest BCUT2D eigenvalue weighted by Crippen LogP contribution is -2.50. The average Bonchev–Trinajstić information content (AvgIpc) is 3.47. The molecule has 0 radical (unpaired) electrons. The van der Waals surface area contributed by atoms with Crippen molar-refractivity contribution < 1.29 is 4.79 Å². The van der Waals surface area contributed by atoms with Crippen molar-refractivity contribution in [2.24, 2.45) is 16.8 Å². The maximum atomic E-state index is 12.1. The lowest BCUT2D eigenvalue weighted by atomic mass is 10.0. The van der Waals surface area contributed by atoms with Gasteiger partial charge in [0.1, 0.15) is 0 Å². The van der Waals surface area contributed by atoms with Crippen molar-refractivity contribution >= 4 is 35.8 Å². The first kappa shape index (κ1) is 23.0. The van der Waals surface area contributed by atoms with Gasteiger partial charge >= 0.3 is 0 Å². The Morgan fingerprint density at radius 1 is 1.21 bits per heavy atom. The molecule has 156 valence electrons. The van der Waals surface area contributed by atoms with Gasteiger partial charge in [-0.3, -0.25) is 9.79 Å². The predicted octanol–water partition coefficient (Wildman–Crippen LogP) is 3.61. The maximum Gasteiger partial charge on any atom is 0.225 e. The molecule has 0 spiro atoms. The summed E-state index contributed by atoms with van der Waals surface area (Å²) in [5.41, 5.74) is 1.44. The fourth-order valence-electron chi connectivity index (χ4n) is 3.89. The number of hydrogen-bond acceptors (Lipinski definition) is 2. The molecule has 1 aliphatic carbocycles. The normalized spacial score (nSPS) is 22.6. The van der Waals surface area contributed by atoms with E-state index in [0.717, 1.165) is 45.0 Å². The highest BCUT2D eigenvalue weighted by Crippen LogP contribution is 2.47. The summed E-state index contributed by atoms with van der Waals surface area (Å²) in [6, 6.07) is 11.2. The van der Waals surface area contributed by atoms with Crippen LogP contribution in [0.5, 0.6) is 0 Å². The van der Waals surface area contributed by atoms with Crippen molar-refractivity contribution in [3.8, 4) is 0 Å². The van der Waals surface area contributed by atoms with Crippen LogP contribution in [-0.4, -0.2) is 49.0 Å². The number of carbonyl (C=O) groups excluding carboxylic acids is 1. The van der Waals surface area contributed by atoms with Gasteiger partial charge < -0.3 is 15.5 Å². The predicted molar refractivity (Wildman–Crippen MR) is 126 cm³/mol. The van der Waals surface area contributed by atoms with Crippen molar-refractivity contribution in [2.75, 3.05) is 26.2 Å². The third-order valence-corrected chi connectivity index (χ3v) is 5.62. The molecule has 2 atom stereocenters. The number of carbonyl (C=O) groups is 1. The zero-order valence-electron chi connectivity index (χ0n) is 17.4. The number of rotatable bonds is 6. The summed E-state index contributed by atoms with van der Waals surface area (Å²) in [7, 11) is 0. The molecule has 1 amide bonds. The molecule has 1 saturated heterocycles. The number of guanidine groups is 1. The number of amides is 1. The molecule has 5 nitrogen and oxygen atoms in total. The van der Waals surface area contributed by atoms with Crippen LogP contribution < -0.4 is 10.6 Å². The Morgan fingerprint density at radius 2 is 1.89 bits per heavy atom. The summed E-state index contributed by atoms with van der Waals surface area (Å²) in [6.45, 7) is 9.47. The summed E-state index contributed by atoms with van der Waals surface area (Å²) in [6.07, 6.45) is 3.21. The Labute approximate surface area is 186 Å². The Balaban J connectivity index is 0.00000280. The van der Waals surface area contributed by atoms with Gasteiger partial charge in [0.25, 0.3) is 0 Å². The molecule has 2 aliphatic rings. The summed E-state index contributed by atoms with van der Waals surface area (Å²) in [5.74, 6) is 2.61. The van der Waals surface area contributed by atoms with E-state index in [4.69, 9.17) is 4.99 Å². The quantitative estimate of drug-likeness (QED) is 0.358. The SMILES string of the molecule is CCNC(=NCC1CC1c1ccccc1)NC1CCN(C(=O)C(C)C)CC1.I. The number of aliphatic imine (C=N–C) groups is 1. The van der Waals surface area contributed by atoms with Crippen LogP contribution in [0.2, 0.25) is 0 Å². The topological polar surface area (TPSA) is 56.7 Å². The molecule has 3 rings (SSSR count). The summed E-state index contributed by atoms with van der Waals surface area (Å²) in [4.78, 5) is 19.0. The average molecular weight is 498 g/mol. The number of nitrogens with zero attached hydrogens (tertiary/aromatic N) is 2. The minimum absolute atomic E-state index is 0. The minimum atomic E-state index is 0. The van der Waals surface area contributed by atoms with E-state index in [1.54, 1.807) is 0 Å². The highest BCUT2D eigenvalue weighted by molar-refractivity contribution is 14.0. The summed E-state index contributed by atoms with van der Waals surface area (Å²) in [5, 5.41) is 6.96. The number of nitrogens with one attached hydrogen (secondary N) is 2. The number of likely N-dealkylation sites (tertiary alicyclic amines) is 1. The van der Waals surface area contributed by atoms with Gasteiger partial charge in [0.15, 0.2) is 5.96 Å². The van der Waals surface area contributed by atoms with Crippen LogP contribution in [0.4, 0.5) is 0 Å². The van der Waals surface area contributed by atoms with Crippen LogP contribution in [0.1, 0.15) is 51.5 Å². The van der Waals surface area contributed by atoms with E-state index in [-0.39, 0.29) is 35.8 Å². The van der Waals surface area contributed by atoms with Crippen LogP contribution in [0.3, 0.4) is 0 Å². The Kier molecular flexibility index (Phi) is 9.05. The number of halogens is 1. The van der Waals surface area contributed by atoms with Crippen LogP contribution in [0.15, 0.2) is 35.3 Å². The highest BCUT2D eigenvalue weighted by Gasteiger charge is 2.37. The largest absolute Gasteiger partial charge is 0.357 e. The number of piperidine rings is 1. The van der Waals surface area contributed by atoms with Gasteiger partial charge in [0, 0.05) is 38.1 Å². The summed E-state index contributed by atoms with van der Waals surface area (Å²) < 4.78 is 0. The van der Waals surface area contributed by atoms with E-state index >= 15 is 0 Å². The second kappa shape index (κ2) is 11.0. The lowest BCUT2D eigenvalue weighted by molar-refractivity contribution is -0.135. The molecular weight excluding hydrogens is 463 g/mol. The maximum absolute atomic E-state index is 12.1. The van der Waals surface area contributed by atoms with E-state index < -0.39 is 0 Å². The molecule has 2 N–H and O–H groups in total. The standard InChI is InChI=1S/C22H34N4O.HI/c1-4-23-22(24-15-18-14-20(18)17-8-6-5-7-9-17)25-19-10-12-26(13-11-19)21(27)16(2)3;/h5-9,16,18-20H,4,10-15H2,1-3H3,(H2,23,24,25);1H. The third-order valence-electron chi connectivity index (χ3n) is 5.62. The molecular formula is C22H35IN4O. The van der Waals surface area contributed by atoms with Crippen LogP contribution in [0.25, 0.3) is 0 Å². The van der Waals surface area contributed by atoms with Gasteiger partial charge in [0.05, 0.1) is 0 Å². The molecule has 0 bridgehead atoms. The van der Waals surface area contributed by atoms with Gasteiger partial charge in [-0.15, -0.1) is 24.0 Å². The molecule has 2 fully saturated rings. The van der Waals surface area contributed by atoms with E-state index in [1.165, 1.54) is 12.0 Å². The molecule has 28 heavy (non-hydrogen) atoms. The molecule has 1 heterocycles. The smallest absolute Gasteiger partial charge is 0.225 e. The molecule has 2 unspecified atom stereocenters. The van der Waals surface area contributed by atoms with Gasteiger partial charge in [-0.25, -0.2) is 0 Å². The lowest BCUT2D eigenvalue weighted by Gasteiger charge is -2.34. The van der Waals surface area contributed by atoms with Crippen molar-refractivity contribution in [1.82, 2.24) is 15.5 Å². The second-order valence-corrected chi connectivity index (χ2v) is 8.13. The monoisotopic (exact) mass is 498 g/mol. The Hall–Kier alpha value is -1.31. The van der Waals surface area contributed by atoms with Gasteiger partial charge in [-0.1, -0.05) is 44.2 Å². The van der Waals surface area contributed by atoms with Crippen molar-refractivity contribution in [1.29, 1.82) is 0 Å². The van der Waals surface area contributed by atoms with Crippen LogP contribution in [0, 0.1) is 11.8 Å². The van der Waals surface area contributed by atoms with Crippen LogP contribution in [-0.2, 0) is 4.79 Å². The zero-order valence-corrected chi connectivity index (χ0v) is 19.7. The molecule has 1 aromatic carbocycles. The first-order valence-electron chi connectivity index (χ1n) is 10.5. The fourth-order valence-corrected chi connectivity index (χ4v) is 3.89. The van der Waals surface area contributed by atoms with E-state index in [0.29, 0.717) is 17.9 Å². The number of benzene rings is 1. The molecule has 1 aliphatic heterocycles. The third kappa shape index (κ3) is 6.36. The number of hydrogen-bond donors (Lipinski definition) is 2. The van der Waals surface area contributed by atoms with Crippen molar-refractivity contribution in [3.63, 3.8) is 0 Å². The first-order chi connectivity index (χ1) is 13.1. The van der Waals surface area contributed by atoms with E-state index in [1.807, 2.05) is 18.7 Å². The van der Waals surface area contributed by atoms with Crippen LogP contribution >= 0.6 is 24.0 Å². The minimum Gasteiger partial charge on any atom is -0.357 e. The zero-order chi connectivity index (χ0) is 19.2. The van der Waals surface area contributed by atoms with Crippen molar-refractivity contribution in [2.45, 2.75) is 52.0 Å². The Bertz CT molecular complexity index is 641. The molecule has 6 heteroatoms. The van der Waals surface area contributed by atoms with E-state index in [2.05, 4.69) is 47.9 Å². The molecule has 0 aromatic heterocycles. The molecule has 1 saturated carbocycles. The van der Waals surface area contributed by atoms with E-state index in [9.17, 15) is 4.79 Å². The first-order valence-corrected chi connectivity index (χ1v) is 10.5. The molecule has 1 aromatic rings. The highest BCUT2D eigenvalue weighted by atomic mass is 127. The fraction of sp³-hybridized carbons (Fsp3) is 0.636.